The van der Waals surface area contributed by atoms with Crippen LogP contribution >= 0.6 is 0 Å². The standard InChI is InChI=1S/C16H16N4O3S.H2/c1-2-10-4-3-5-13-14(10)15(16(21)18-13)20-19-11-6-8-12(9-7-11)24(17,22)23;/h3-9,18,21H,2H2,1H3,(H2,17,22,23);1H. The number of azo groups is 1. The fraction of sp³-hybridized carbons (Fsp3) is 0.125. The van der Waals surface area contributed by atoms with Crippen molar-refractivity contribution in [2.45, 2.75) is 18.2 Å². The molecule has 3 rings (SSSR count). The molecule has 0 aliphatic heterocycles. The van der Waals surface area contributed by atoms with Crippen molar-refractivity contribution < 1.29 is 15.0 Å². The number of aryl methyl sites for hydroxylation is 1. The minimum Gasteiger partial charge on any atom is -0.493 e. The monoisotopic (exact) mass is 346 g/mol. The highest BCUT2D eigenvalue weighted by atomic mass is 32.2. The van der Waals surface area contributed by atoms with Crippen LogP contribution in [0.25, 0.3) is 10.9 Å². The zero-order valence-corrected chi connectivity index (χ0v) is 13.7. The summed E-state index contributed by atoms with van der Waals surface area (Å²) in [5, 5.41) is 24.1. The third-order valence-corrected chi connectivity index (χ3v) is 4.61. The lowest BCUT2D eigenvalue weighted by atomic mass is 10.1. The number of fused-ring (bicyclic) bond motifs is 1. The van der Waals surface area contributed by atoms with Gasteiger partial charge in [-0.2, -0.15) is 5.11 Å². The summed E-state index contributed by atoms with van der Waals surface area (Å²) in [5.74, 6) is -0.0594. The van der Waals surface area contributed by atoms with Gasteiger partial charge in [0.25, 0.3) is 0 Å². The fourth-order valence-electron chi connectivity index (χ4n) is 2.49. The molecular formula is C16H18N4O3S. The van der Waals surface area contributed by atoms with Crippen molar-refractivity contribution in [1.29, 1.82) is 0 Å². The second-order valence-corrected chi connectivity index (χ2v) is 6.82. The lowest BCUT2D eigenvalue weighted by molar-refractivity contribution is 0.459. The van der Waals surface area contributed by atoms with Gasteiger partial charge in [0.05, 0.1) is 16.1 Å². The van der Waals surface area contributed by atoms with Gasteiger partial charge in [0.15, 0.2) is 5.69 Å². The number of nitrogens with two attached hydrogens (primary N) is 1. The van der Waals surface area contributed by atoms with Crippen LogP contribution < -0.4 is 5.14 Å². The summed E-state index contributed by atoms with van der Waals surface area (Å²) in [6.45, 7) is 2.02. The first-order valence-corrected chi connectivity index (χ1v) is 8.82. The van der Waals surface area contributed by atoms with E-state index in [1.54, 1.807) is 0 Å². The third kappa shape index (κ3) is 3.01. The number of H-pyrrole nitrogens is 1. The summed E-state index contributed by atoms with van der Waals surface area (Å²) in [5.41, 5.74) is 2.64. The van der Waals surface area contributed by atoms with Crippen molar-refractivity contribution >= 4 is 32.3 Å². The maximum absolute atomic E-state index is 11.2. The van der Waals surface area contributed by atoms with Gasteiger partial charge in [-0.15, -0.1) is 5.11 Å². The minimum atomic E-state index is -3.74. The Labute approximate surface area is 140 Å². The number of primary sulfonamides is 1. The van der Waals surface area contributed by atoms with Crippen molar-refractivity contribution in [2.75, 3.05) is 0 Å². The van der Waals surface area contributed by atoms with Crippen molar-refractivity contribution in [3.05, 3.63) is 48.0 Å². The highest BCUT2D eigenvalue weighted by Gasteiger charge is 2.13. The Morgan fingerprint density at radius 1 is 1.17 bits per heavy atom. The molecule has 8 heteroatoms. The average molecular weight is 346 g/mol. The second-order valence-electron chi connectivity index (χ2n) is 5.25. The number of nitrogens with zero attached hydrogens (tertiary/aromatic N) is 2. The first kappa shape index (κ1) is 16.2. The topological polar surface area (TPSA) is 121 Å². The Kier molecular flexibility index (Phi) is 4.08. The second kappa shape index (κ2) is 6.06. The van der Waals surface area contributed by atoms with Crippen LogP contribution in [-0.2, 0) is 16.4 Å². The predicted molar refractivity (Wildman–Crippen MR) is 93.4 cm³/mol. The number of hydrogen-bond donors (Lipinski definition) is 3. The van der Waals surface area contributed by atoms with E-state index in [4.69, 9.17) is 5.14 Å². The summed E-state index contributed by atoms with van der Waals surface area (Å²) in [6, 6.07) is 11.4. The highest BCUT2D eigenvalue weighted by Crippen LogP contribution is 2.38. The largest absolute Gasteiger partial charge is 0.493 e. The van der Waals surface area contributed by atoms with Gasteiger partial charge in [-0.25, -0.2) is 13.6 Å². The normalized spacial score (nSPS) is 12.2. The number of sulfonamides is 1. The molecule has 0 aliphatic rings. The first-order chi connectivity index (χ1) is 11.4. The molecule has 126 valence electrons. The van der Waals surface area contributed by atoms with Gasteiger partial charge in [-0.3, -0.25) is 0 Å². The minimum absolute atomic E-state index is 0. The quantitative estimate of drug-likeness (QED) is 0.624. The third-order valence-electron chi connectivity index (χ3n) is 3.68. The lowest BCUT2D eigenvalue weighted by Crippen LogP contribution is -2.11. The van der Waals surface area contributed by atoms with Gasteiger partial charge in [0.2, 0.25) is 15.9 Å². The number of aromatic amines is 1. The molecule has 2 aromatic carbocycles. The lowest BCUT2D eigenvalue weighted by Gasteiger charge is -2.00. The Balaban J connectivity index is 0.00000225. The van der Waals surface area contributed by atoms with Gasteiger partial charge >= 0.3 is 0 Å². The van der Waals surface area contributed by atoms with Gasteiger partial charge in [-0.1, -0.05) is 19.1 Å². The molecule has 0 saturated heterocycles. The average Bonchev–Trinajstić information content (AvgIpc) is 2.87. The molecule has 0 aliphatic carbocycles. The number of aromatic hydroxyl groups is 1. The zero-order chi connectivity index (χ0) is 17.3. The molecule has 24 heavy (non-hydrogen) atoms. The summed E-state index contributed by atoms with van der Waals surface area (Å²) in [4.78, 5) is 2.88. The predicted octanol–water partition coefficient (Wildman–Crippen LogP) is 3.74. The molecule has 0 saturated carbocycles. The Morgan fingerprint density at radius 3 is 2.50 bits per heavy atom. The van der Waals surface area contributed by atoms with Crippen LogP contribution in [-0.4, -0.2) is 18.5 Å². The number of hydrogen-bond acceptors (Lipinski definition) is 5. The molecule has 0 unspecified atom stereocenters. The van der Waals surface area contributed by atoms with Crippen LogP contribution in [0, 0.1) is 0 Å². The number of nitrogens with one attached hydrogen (secondary N) is 1. The van der Waals surface area contributed by atoms with Gasteiger partial charge in [0.1, 0.15) is 0 Å². The summed E-state index contributed by atoms with van der Waals surface area (Å²) >= 11 is 0. The molecule has 0 atom stereocenters. The summed E-state index contributed by atoms with van der Waals surface area (Å²) in [6.07, 6.45) is 0.792. The van der Waals surface area contributed by atoms with Crippen LogP contribution in [0.15, 0.2) is 57.6 Å². The molecule has 1 heterocycles. The summed E-state index contributed by atoms with van der Waals surface area (Å²) < 4.78 is 22.5. The van der Waals surface area contributed by atoms with E-state index in [9.17, 15) is 13.5 Å². The van der Waals surface area contributed by atoms with Gasteiger partial charge < -0.3 is 10.1 Å². The molecule has 0 radical (unpaired) electrons. The highest BCUT2D eigenvalue weighted by molar-refractivity contribution is 7.89. The SMILES string of the molecule is CCc1cccc2[nH]c(O)c(N=Nc3ccc(S(N)(=O)=O)cc3)c12.[HH]. The van der Waals surface area contributed by atoms with Crippen LogP contribution in [0.2, 0.25) is 0 Å². The molecular weight excluding hydrogens is 328 g/mol. The van der Waals surface area contributed by atoms with Crippen LogP contribution in [0.1, 0.15) is 13.9 Å². The smallest absolute Gasteiger partial charge is 0.238 e. The van der Waals surface area contributed by atoms with E-state index in [2.05, 4.69) is 15.2 Å². The van der Waals surface area contributed by atoms with Gasteiger partial charge in [-0.05, 0) is 42.3 Å². The van der Waals surface area contributed by atoms with E-state index < -0.39 is 10.0 Å². The van der Waals surface area contributed by atoms with Crippen LogP contribution in [0.4, 0.5) is 11.4 Å². The number of benzene rings is 2. The van der Waals surface area contributed by atoms with Crippen molar-refractivity contribution in [2.24, 2.45) is 15.4 Å². The molecule has 1 aromatic heterocycles. The summed E-state index contributed by atoms with van der Waals surface area (Å²) in [7, 11) is -3.74. The van der Waals surface area contributed by atoms with E-state index >= 15 is 0 Å². The molecule has 7 nitrogen and oxygen atoms in total. The Hall–Kier alpha value is -2.71. The Bertz CT molecular complexity index is 1030. The fourth-order valence-corrected chi connectivity index (χ4v) is 3.01. The molecule has 3 aromatic rings. The molecule has 0 bridgehead atoms. The first-order valence-electron chi connectivity index (χ1n) is 7.27. The maximum Gasteiger partial charge on any atom is 0.238 e. The maximum atomic E-state index is 11.2. The molecule has 0 spiro atoms. The van der Waals surface area contributed by atoms with E-state index in [-0.39, 0.29) is 12.2 Å². The number of aromatic nitrogens is 1. The molecule has 0 fully saturated rings. The Morgan fingerprint density at radius 2 is 1.88 bits per heavy atom. The van der Waals surface area contributed by atoms with E-state index in [0.29, 0.717) is 11.4 Å². The van der Waals surface area contributed by atoms with E-state index in [1.165, 1.54) is 24.3 Å². The van der Waals surface area contributed by atoms with Crippen molar-refractivity contribution in [3.63, 3.8) is 0 Å². The number of rotatable bonds is 4. The van der Waals surface area contributed by atoms with Crippen molar-refractivity contribution in [1.82, 2.24) is 4.98 Å². The van der Waals surface area contributed by atoms with Crippen LogP contribution in [0.5, 0.6) is 5.88 Å². The van der Waals surface area contributed by atoms with E-state index in [1.807, 2.05) is 25.1 Å². The van der Waals surface area contributed by atoms with E-state index in [0.717, 1.165) is 22.9 Å². The zero-order valence-electron chi connectivity index (χ0n) is 12.9. The van der Waals surface area contributed by atoms with Crippen LogP contribution in [0.3, 0.4) is 0 Å². The van der Waals surface area contributed by atoms with Gasteiger partial charge in [0, 0.05) is 6.81 Å². The molecule has 4 N–H and O–H groups in total. The molecule has 0 amide bonds. The van der Waals surface area contributed by atoms with Crippen molar-refractivity contribution in [3.8, 4) is 5.88 Å².